The lowest BCUT2D eigenvalue weighted by Crippen LogP contribution is -2.28. The predicted octanol–water partition coefficient (Wildman–Crippen LogP) is 3.01. The monoisotopic (exact) mass is 276 g/mol. The lowest BCUT2D eigenvalue weighted by atomic mass is 10.0. The van der Waals surface area contributed by atoms with Crippen molar-refractivity contribution in [3.05, 3.63) is 24.0 Å². The zero-order valence-corrected chi connectivity index (χ0v) is 10.5. The molecule has 0 aromatic carbocycles. The minimum absolute atomic E-state index is 0.0291. The van der Waals surface area contributed by atoms with Crippen LogP contribution in [0.1, 0.15) is 26.0 Å². The molecule has 19 heavy (non-hydrogen) atoms. The third-order valence-corrected chi connectivity index (χ3v) is 2.60. The number of halogens is 3. The highest BCUT2D eigenvalue weighted by molar-refractivity contribution is 5.68. The number of aromatic nitrogens is 1. The number of aliphatic carboxylic acids is 1. The number of alkyl halides is 3. The fourth-order valence-electron chi connectivity index (χ4n) is 1.53. The van der Waals surface area contributed by atoms with E-state index in [-0.39, 0.29) is 18.0 Å². The Morgan fingerprint density at radius 3 is 2.58 bits per heavy atom. The van der Waals surface area contributed by atoms with Crippen LogP contribution in [0.5, 0.6) is 0 Å². The molecular formula is C12H15F3N2O2. The van der Waals surface area contributed by atoms with Crippen LogP contribution in [0.4, 0.5) is 18.9 Å². The summed E-state index contributed by atoms with van der Waals surface area (Å²) in [6, 6.07) is 1.81. The maximum atomic E-state index is 12.5. The first-order valence-corrected chi connectivity index (χ1v) is 5.71. The standard InChI is InChI=1S/C12H15F3N2O2/c1-7(2)9(6-11(18)19)17-8-3-4-16-10(5-8)12(13,14)15/h3-5,7,9H,6H2,1-2H3,(H,16,17)(H,18,19). The molecule has 0 saturated heterocycles. The van der Waals surface area contributed by atoms with Crippen molar-refractivity contribution in [2.75, 3.05) is 5.32 Å². The number of nitrogens with zero attached hydrogens (tertiary/aromatic N) is 1. The van der Waals surface area contributed by atoms with E-state index in [0.29, 0.717) is 0 Å². The Morgan fingerprint density at radius 2 is 2.11 bits per heavy atom. The Kier molecular flexibility index (Phi) is 4.74. The van der Waals surface area contributed by atoms with Gasteiger partial charge in [0, 0.05) is 17.9 Å². The molecule has 1 aromatic heterocycles. The van der Waals surface area contributed by atoms with Crippen LogP contribution in [0.25, 0.3) is 0 Å². The summed E-state index contributed by atoms with van der Waals surface area (Å²) in [4.78, 5) is 13.9. The van der Waals surface area contributed by atoms with E-state index in [2.05, 4.69) is 10.3 Å². The molecule has 4 nitrogen and oxygen atoms in total. The first-order chi connectivity index (χ1) is 8.70. The molecule has 1 unspecified atom stereocenters. The summed E-state index contributed by atoms with van der Waals surface area (Å²) in [6.45, 7) is 3.60. The van der Waals surface area contributed by atoms with Crippen LogP contribution in [0.15, 0.2) is 18.3 Å². The molecule has 1 heterocycles. The summed E-state index contributed by atoms with van der Waals surface area (Å²) >= 11 is 0. The van der Waals surface area contributed by atoms with Gasteiger partial charge in [-0.25, -0.2) is 0 Å². The summed E-state index contributed by atoms with van der Waals surface area (Å²) < 4.78 is 37.5. The number of hydrogen-bond acceptors (Lipinski definition) is 3. The molecule has 0 fully saturated rings. The van der Waals surface area contributed by atoms with Gasteiger partial charge < -0.3 is 10.4 Å². The van der Waals surface area contributed by atoms with Crippen molar-refractivity contribution >= 4 is 11.7 Å². The lowest BCUT2D eigenvalue weighted by molar-refractivity contribution is -0.141. The van der Waals surface area contributed by atoms with Gasteiger partial charge in [-0.1, -0.05) is 13.8 Å². The van der Waals surface area contributed by atoms with Crippen molar-refractivity contribution in [1.29, 1.82) is 0 Å². The molecule has 0 spiro atoms. The fourth-order valence-corrected chi connectivity index (χ4v) is 1.53. The van der Waals surface area contributed by atoms with Gasteiger partial charge in [0.2, 0.25) is 0 Å². The Balaban J connectivity index is 2.88. The van der Waals surface area contributed by atoms with E-state index in [9.17, 15) is 18.0 Å². The Bertz CT molecular complexity index is 447. The van der Waals surface area contributed by atoms with E-state index >= 15 is 0 Å². The Morgan fingerprint density at radius 1 is 1.47 bits per heavy atom. The summed E-state index contributed by atoms with van der Waals surface area (Å²) in [7, 11) is 0. The summed E-state index contributed by atoms with van der Waals surface area (Å²) in [5, 5.41) is 11.6. The molecule has 1 aromatic rings. The number of carbonyl (C=O) groups is 1. The molecule has 1 atom stereocenters. The van der Waals surface area contributed by atoms with E-state index in [0.717, 1.165) is 12.3 Å². The van der Waals surface area contributed by atoms with Gasteiger partial charge in [-0.2, -0.15) is 13.2 Å². The van der Waals surface area contributed by atoms with Gasteiger partial charge in [0.1, 0.15) is 5.69 Å². The second-order valence-corrected chi connectivity index (χ2v) is 4.52. The van der Waals surface area contributed by atoms with E-state index in [4.69, 9.17) is 5.11 Å². The van der Waals surface area contributed by atoms with Crippen LogP contribution < -0.4 is 5.32 Å². The SMILES string of the molecule is CC(C)C(CC(=O)O)Nc1ccnc(C(F)(F)F)c1. The molecule has 0 aliphatic carbocycles. The van der Waals surface area contributed by atoms with E-state index in [1.54, 1.807) is 13.8 Å². The van der Waals surface area contributed by atoms with Gasteiger partial charge in [-0.3, -0.25) is 9.78 Å². The van der Waals surface area contributed by atoms with Gasteiger partial charge in [0.15, 0.2) is 0 Å². The number of hydrogen-bond donors (Lipinski definition) is 2. The summed E-state index contributed by atoms with van der Waals surface area (Å²) in [6.07, 6.45) is -3.64. The van der Waals surface area contributed by atoms with Gasteiger partial charge in [0.25, 0.3) is 0 Å². The van der Waals surface area contributed by atoms with E-state index in [1.165, 1.54) is 6.07 Å². The number of rotatable bonds is 5. The quantitative estimate of drug-likeness (QED) is 0.867. The largest absolute Gasteiger partial charge is 0.481 e. The molecule has 1 rings (SSSR count). The normalized spacial score (nSPS) is 13.4. The maximum absolute atomic E-state index is 12.5. The minimum Gasteiger partial charge on any atom is -0.481 e. The lowest BCUT2D eigenvalue weighted by Gasteiger charge is -2.22. The number of anilines is 1. The number of nitrogens with one attached hydrogen (secondary N) is 1. The van der Waals surface area contributed by atoms with Crippen LogP contribution in [0, 0.1) is 5.92 Å². The minimum atomic E-state index is -4.52. The molecule has 7 heteroatoms. The average Bonchev–Trinajstić information content (AvgIpc) is 2.26. The highest BCUT2D eigenvalue weighted by Crippen LogP contribution is 2.29. The topological polar surface area (TPSA) is 62.2 Å². The van der Waals surface area contributed by atoms with Gasteiger partial charge in [-0.05, 0) is 18.1 Å². The van der Waals surface area contributed by atoms with Crippen LogP contribution in [-0.2, 0) is 11.0 Å². The van der Waals surface area contributed by atoms with Gasteiger partial charge in [0.05, 0.1) is 6.42 Å². The molecule has 0 saturated carbocycles. The second-order valence-electron chi connectivity index (χ2n) is 4.52. The zero-order valence-electron chi connectivity index (χ0n) is 10.5. The van der Waals surface area contributed by atoms with Crippen molar-refractivity contribution in [3.63, 3.8) is 0 Å². The smallest absolute Gasteiger partial charge is 0.433 e. The highest BCUT2D eigenvalue weighted by atomic mass is 19.4. The van der Waals surface area contributed by atoms with Crippen LogP contribution in [0.2, 0.25) is 0 Å². The van der Waals surface area contributed by atoms with Crippen molar-refractivity contribution in [3.8, 4) is 0 Å². The Hall–Kier alpha value is -1.79. The number of carboxylic acids is 1. The zero-order chi connectivity index (χ0) is 14.6. The first kappa shape index (κ1) is 15.3. The van der Waals surface area contributed by atoms with Crippen molar-refractivity contribution in [2.24, 2.45) is 5.92 Å². The molecule has 2 N–H and O–H groups in total. The van der Waals surface area contributed by atoms with E-state index < -0.39 is 23.9 Å². The first-order valence-electron chi connectivity index (χ1n) is 5.71. The van der Waals surface area contributed by atoms with E-state index in [1.807, 2.05) is 0 Å². The molecule has 106 valence electrons. The third kappa shape index (κ3) is 4.76. The molecular weight excluding hydrogens is 261 g/mol. The van der Waals surface area contributed by atoms with Crippen molar-refractivity contribution in [2.45, 2.75) is 32.5 Å². The van der Waals surface area contributed by atoms with Crippen LogP contribution >= 0.6 is 0 Å². The van der Waals surface area contributed by atoms with Crippen LogP contribution in [-0.4, -0.2) is 22.1 Å². The number of pyridine rings is 1. The molecule has 0 amide bonds. The maximum Gasteiger partial charge on any atom is 0.433 e. The third-order valence-electron chi connectivity index (χ3n) is 2.60. The van der Waals surface area contributed by atoms with Crippen molar-refractivity contribution in [1.82, 2.24) is 4.98 Å². The van der Waals surface area contributed by atoms with Crippen LogP contribution in [0.3, 0.4) is 0 Å². The van der Waals surface area contributed by atoms with Crippen molar-refractivity contribution < 1.29 is 23.1 Å². The second kappa shape index (κ2) is 5.90. The summed E-state index contributed by atoms with van der Waals surface area (Å²) in [5.41, 5.74) is -0.794. The number of carboxylic acid groups (broad SMARTS) is 1. The summed E-state index contributed by atoms with van der Waals surface area (Å²) in [5.74, 6) is -1.03. The van der Waals surface area contributed by atoms with Gasteiger partial charge >= 0.3 is 12.1 Å². The molecule has 0 radical (unpaired) electrons. The fraction of sp³-hybridized carbons (Fsp3) is 0.500. The molecule has 0 aliphatic rings. The Labute approximate surface area is 108 Å². The predicted molar refractivity (Wildman–Crippen MR) is 63.7 cm³/mol. The average molecular weight is 276 g/mol. The highest BCUT2D eigenvalue weighted by Gasteiger charge is 2.32. The molecule has 0 aliphatic heterocycles. The molecule has 0 bridgehead atoms. The van der Waals surface area contributed by atoms with Gasteiger partial charge in [-0.15, -0.1) is 0 Å².